The second kappa shape index (κ2) is 6.67. The van der Waals surface area contributed by atoms with Gasteiger partial charge in [0.15, 0.2) is 0 Å². The standard InChI is InChI=1S/C18H18N6O3/c1-23-14(8-9-19-23)20-16(26)10-24-13-5-3-2-4-11(13)17(22-24)12-6-7-15(25)21-18(12)27/h2-5,8-9,12H,6-7,10H2,1H3,(H,20,26)(H,21,25,27). The van der Waals surface area contributed by atoms with Crippen LogP contribution in [0.5, 0.6) is 0 Å². The summed E-state index contributed by atoms with van der Waals surface area (Å²) in [5.74, 6) is -0.783. The molecule has 3 aromatic rings. The maximum absolute atomic E-state index is 12.4. The number of para-hydroxylation sites is 1. The van der Waals surface area contributed by atoms with Crippen molar-refractivity contribution in [1.29, 1.82) is 0 Å². The molecule has 9 heteroatoms. The predicted molar refractivity (Wildman–Crippen MR) is 96.7 cm³/mol. The number of piperidine rings is 1. The Hall–Kier alpha value is -3.49. The van der Waals surface area contributed by atoms with Crippen LogP contribution in [-0.2, 0) is 28.0 Å². The molecule has 4 rings (SSSR count). The fourth-order valence-electron chi connectivity index (χ4n) is 3.30. The molecule has 9 nitrogen and oxygen atoms in total. The van der Waals surface area contributed by atoms with E-state index in [2.05, 4.69) is 20.8 Å². The molecule has 0 spiro atoms. The molecular formula is C18H18N6O3. The van der Waals surface area contributed by atoms with Gasteiger partial charge < -0.3 is 5.32 Å². The van der Waals surface area contributed by atoms with E-state index in [-0.39, 0.29) is 30.7 Å². The first-order valence-corrected chi connectivity index (χ1v) is 8.60. The number of amides is 3. The molecule has 1 aliphatic rings. The Balaban J connectivity index is 1.64. The lowest BCUT2D eigenvalue weighted by molar-refractivity contribution is -0.134. The first kappa shape index (κ1) is 17.0. The van der Waals surface area contributed by atoms with Gasteiger partial charge in [0, 0.05) is 24.9 Å². The zero-order valence-electron chi connectivity index (χ0n) is 14.7. The molecule has 3 heterocycles. The highest BCUT2D eigenvalue weighted by Gasteiger charge is 2.31. The zero-order chi connectivity index (χ0) is 19.0. The van der Waals surface area contributed by atoms with Gasteiger partial charge in [0.1, 0.15) is 12.4 Å². The van der Waals surface area contributed by atoms with Crippen molar-refractivity contribution >= 4 is 34.4 Å². The smallest absolute Gasteiger partial charge is 0.247 e. The van der Waals surface area contributed by atoms with Crippen LogP contribution in [0.4, 0.5) is 5.82 Å². The van der Waals surface area contributed by atoms with Gasteiger partial charge in [-0.05, 0) is 12.5 Å². The molecule has 27 heavy (non-hydrogen) atoms. The van der Waals surface area contributed by atoms with Gasteiger partial charge in [-0.1, -0.05) is 18.2 Å². The topological polar surface area (TPSA) is 111 Å². The Kier molecular flexibility index (Phi) is 4.19. The number of carbonyl (C=O) groups is 3. The maximum atomic E-state index is 12.4. The normalized spacial score (nSPS) is 17.1. The van der Waals surface area contributed by atoms with Crippen LogP contribution in [0.3, 0.4) is 0 Å². The van der Waals surface area contributed by atoms with Gasteiger partial charge in [-0.2, -0.15) is 10.2 Å². The first-order valence-electron chi connectivity index (χ1n) is 8.60. The molecule has 1 saturated heterocycles. The van der Waals surface area contributed by atoms with Crippen LogP contribution in [-0.4, -0.2) is 37.3 Å². The van der Waals surface area contributed by atoms with Crippen molar-refractivity contribution in [2.45, 2.75) is 25.3 Å². The first-order chi connectivity index (χ1) is 13.0. The van der Waals surface area contributed by atoms with E-state index in [0.29, 0.717) is 17.9 Å². The SMILES string of the molecule is Cn1nccc1NC(=O)Cn1nc(C2CCC(=O)NC2=O)c2ccccc21. The van der Waals surface area contributed by atoms with E-state index in [1.165, 1.54) is 0 Å². The molecule has 1 atom stereocenters. The number of hydrogen-bond acceptors (Lipinski definition) is 5. The van der Waals surface area contributed by atoms with Crippen molar-refractivity contribution in [2.24, 2.45) is 7.05 Å². The highest BCUT2D eigenvalue weighted by molar-refractivity contribution is 6.02. The predicted octanol–water partition coefficient (Wildman–Crippen LogP) is 0.929. The summed E-state index contributed by atoms with van der Waals surface area (Å²) in [6, 6.07) is 9.15. The van der Waals surface area contributed by atoms with Crippen LogP contribution in [0.25, 0.3) is 10.9 Å². The monoisotopic (exact) mass is 366 g/mol. The number of nitrogens with one attached hydrogen (secondary N) is 2. The Labute approximate surface area is 154 Å². The Morgan fingerprint density at radius 1 is 1.30 bits per heavy atom. The van der Waals surface area contributed by atoms with Crippen molar-refractivity contribution in [1.82, 2.24) is 24.9 Å². The molecule has 1 unspecified atom stereocenters. The van der Waals surface area contributed by atoms with E-state index >= 15 is 0 Å². The van der Waals surface area contributed by atoms with E-state index in [1.54, 1.807) is 28.7 Å². The molecule has 1 aromatic carbocycles. The molecule has 0 radical (unpaired) electrons. The number of hydrogen-bond donors (Lipinski definition) is 2. The van der Waals surface area contributed by atoms with Gasteiger partial charge in [-0.25, -0.2) is 0 Å². The lowest BCUT2D eigenvalue weighted by atomic mass is 9.93. The number of anilines is 1. The lowest BCUT2D eigenvalue weighted by Crippen LogP contribution is -2.39. The number of benzene rings is 1. The number of aryl methyl sites for hydroxylation is 1. The Morgan fingerprint density at radius 3 is 2.85 bits per heavy atom. The number of rotatable bonds is 4. The van der Waals surface area contributed by atoms with Crippen molar-refractivity contribution in [2.75, 3.05) is 5.32 Å². The Morgan fingerprint density at radius 2 is 2.11 bits per heavy atom. The van der Waals surface area contributed by atoms with E-state index < -0.39 is 5.92 Å². The van der Waals surface area contributed by atoms with E-state index in [1.807, 2.05) is 24.3 Å². The fourth-order valence-corrected chi connectivity index (χ4v) is 3.30. The van der Waals surface area contributed by atoms with Gasteiger partial charge in [0.05, 0.1) is 23.3 Å². The minimum Gasteiger partial charge on any atom is -0.309 e. The van der Waals surface area contributed by atoms with Gasteiger partial charge >= 0.3 is 0 Å². The second-order valence-corrected chi connectivity index (χ2v) is 6.45. The molecule has 2 N–H and O–H groups in total. The lowest BCUT2D eigenvalue weighted by Gasteiger charge is -2.19. The quantitative estimate of drug-likeness (QED) is 0.667. The molecule has 1 aliphatic heterocycles. The van der Waals surface area contributed by atoms with Crippen molar-refractivity contribution in [3.05, 3.63) is 42.2 Å². The Bertz CT molecular complexity index is 1050. The highest BCUT2D eigenvalue weighted by Crippen LogP contribution is 2.30. The van der Waals surface area contributed by atoms with Crippen LogP contribution in [0.1, 0.15) is 24.5 Å². The zero-order valence-corrected chi connectivity index (χ0v) is 14.7. The van der Waals surface area contributed by atoms with Crippen LogP contribution < -0.4 is 10.6 Å². The number of imide groups is 1. The number of carbonyl (C=O) groups excluding carboxylic acids is 3. The summed E-state index contributed by atoms with van der Waals surface area (Å²) >= 11 is 0. The molecule has 3 amide bonds. The summed E-state index contributed by atoms with van der Waals surface area (Å²) in [5.41, 5.74) is 1.35. The highest BCUT2D eigenvalue weighted by atomic mass is 16.2. The molecule has 1 fully saturated rings. The third-order valence-electron chi connectivity index (χ3n) is 4.64. The van der Waals surface area contributed by atoms with Gasteiger partial charge in [-0.15, -0.1) is 0 Å². The third-order valence-corrected chi connectivity index (χ3v) is 4.64. The van der Waals surface area contributed by atoms with Crippen LogP contribution in [0.15, 0.2) is 36.5 Å². The largest absolute Gasteiger partial charge is 0.309 e. The third kappa shape index (κ3) is 3.19. The maximum Gasteiger partial charge on any atom is 0.247 e. The number of nitrogens with zero attached hydrogens (tertiary/aromatic N) is 4. The van der Waals surface area contributed by atoms with Crippen molar-refractivity contribution in [3.63, 3.8) is 0 Å². The molecule has 0 bridgehead atoms. The molecule has 0 saturated carbocycles. The molecule has 2 aromatic heterocycles. The van der Waals surface area contributed by atoms with Crippen LogP contribution in [0.2, 0.25) is 0 Å². The summed E-state index contributed by atoms with van der Waals surface area (Å²) < 4.78 is 3.15. The van der Waals surface area contributed by atoms with Crippen molar-refractivity contribution in [3.8, 4) is 0 Å². The summed E-state index contributed by atoms with van der Waals surface area (Å²) in [6.45, 7) is -0.00103. The van der Waals surface area contributed by atoms with Crippen LogP contribution in [0, 0.1) is 0 Å². The van der Waals surface area contributed by atoms with E-state index in [0.717, 1.165) is 10.9 Å². The minimum absolute atomic E-state index is 0.00103. The second-order valence-electron chi connectivity index (χ2n) is 6.45. The molecular weight excluding hydrogens is 348 g/mol. The van der Waals surface area contributed by atoms with E-state index in [9.17, 15) is 14.4 Å². The minimum atomic E-state index is -0.506. The summed E-state index contributed by atoms with van der Waals surface area (Å²) in [6.07, 6.45) is 2.28. The summed E-state index contributed by atoms with van der Waals surface area (Å²) in [4.78, 5) is 36.1. The number of fused-ring (bicyclic) bond motifs is 1. The van der Waals surface area contributed by atoms with E-state index in [4.69, 9.17) is 0 Å². The molecule has 138 valence electrons. The fraction of sp³-hybridized carbons (Fsp3) is 0.278. The number of aromatic nitrogens is 4. The van der Waals surface area contributed by atoms with Gasteiger partial charge in [0.2, 0.25) is 17.7 Å². The van der Waals surface area contributed by atoms with Gasteiger partial charge in [0.25, 0.3) is 0 Å². The summed E-state index contributed by atoms with van der Waals surface area (Å²) in [5, 5.41) is 14.5. The van der Waals surface area contributed by atoms with Gasteiger partial charge in [-0.3, -0.25) is 29.1 Å². The summed E-state index contributed by atoms with van der Waals surface area (Å²) in [7, 11) is 1.74. The van der Waals surface area contributed by atoms with Crippen molar-refractivity contribution < 1.29 is 14.4 Å². The molecule has 0 aliphatic carbocycles. The average Bonchev–Trinajstić information content (AvgIpc) is 3.19. The average molecular weight is 366 g/mol. The van der Waals surface area contributed by atoms with Crippen LogP contribution >= 0.6 is 0 Å².